The van der Waals surface area contributed by atoms with Crippen LogP contribution in [0.1, 0.15) is 77.1 Å². The molecule has 0 radical (unpaired) electrons. The number of methoxy groups -OCH3 is 1. The van der Waals surface area contributed by atoms with Gasteiger partial charge in [-0.3, -0.25) is 9.59 Å². The molecule has 2 aliphatic heterocycles. The quantitative estimate of drug-likeness (QED) is 0.111. The number of pyridine rings is 1. The Hall–Kier alpha value is -5.84. The number of likely N-dealkylation sites (tertiary alicyclic amines) is 2. The van der Waals surface area contributed by atoms with Crippen molar-refractivity contribution >= 4 is 78.5 Å². The predicted octanol–water partition coefficient (Wildman–Crippen LogP) is 6.26. The van der Waals surface area contributed by atoms with Crippen LogP contribution in [0, 0.1) is 11.8 Å². The van der Waals surface area contributed by atoms with E-state index in [0.717, 1.165) is 67.4 Å². The Kier molecular flexibility index (Phi) is 9.72. The van der Waals surface area contributed by atoms with E-state index in [0.29, 0.717) is 36.8 Å². The van der Waals surface area contributed by atoms with Crippen LogP contribution in [0.25, 0.3) is 53.8 Å². The second-order valence-electron chi connectivity index (χ2n) is 15.2. The van der Waals surface area contributed by atoms with E-state index in [1.807, 2.05) is 56.9 Å². The lowest BCUT2D eigenvalue weighted by Crippen LogP contribution is -2.51. The topological polar surface area (TPSA) is 211 Å². The number of alkyl carbamates (subject to hydrolysis) is 1. The van der Waals surface area contributed by atoms with Crippen molar-refractivity contribution in [1.29, 1.82) is 0 Å². The number of fused-ring (bicyclic) bond motifs is 6. The van der Waals surface area contributed by atoms with Crippen LogP contribution in [0.15, 0.2) is 36.5 Å². The fourth-order valence-corrected chi connectivity index (χ4v) is 9.13. The normalized spacial score (nSPS) is 18.5. The maximum Gasteiger partial charge on any atom is 0.407 e. The average Bonchev–Trinajstić information content (AvgIpc) is 4.02. The Morgan fingerprint density at radius 3 is 2.18 bits per heavy atom. The molecule has 17 heteroatoms. The average molecular weight is 781 g/mol. The number of hydrogen-bond acceptors (Lipinski definition) is 10. The zero-order valence-electron chi connectivity index (χ0n) is 31.8. The first-order valence-electron chi connectivity index (χ1n) is 18.9. The monoisotopic (exact) mass is 780 g/mol. The third-order valence-electron chi connectivity index (χ3n) is 10.9. The zero-order valence-corrected chi connectivity index (χ0v) is 32.6. The highest BCUT2D eigenvalue weighted by atomic mass is 32.1. The molecule has 6 aromatic rings. The van der Waals surface area contributed by atoms with Gasteiger partial charge in [-0.05, 0) is 55.7 Å². The summed E-state index contributed by atoms with van der Waals surface area (Å²) in [6, 6.07) is 7.91. The van der Waals surface area contributed by atoms with Gasteiger partial charge in [-0.25, -0.2) is 29.5 Å². The molecule has 0 spiro atoms. The van der Waals surface area contributed by atoms with Gasteiger partial charge in [0.1, 0.15) is 34.3 Å². The number of nitrogens with one attached hydrogen (secondary N) is 4. The summed E-state index contributed by atoms with van der Waals surface area (Å²) in [5.74, 6) is 0.576. The van der Waals surface area contributed by atoms with Gasteiger partial charge in [0.25, 0.3) is 0 Å². The smallest absolute Gasteiger partial charge is 0.407 e. The molecule has 2 fully saturated rings. The number of hydrogen-bond donors (Lipinski definition) is 5. The van der Waals surface area contributed by atoms with Crippen LogP contribution in [0.2, 0.25) is 0 Å². The highest BCUT2D eigenvalue weighted by Gasteiger charge is 2.39. The number of thiazole rings is 1. The number of carbonyl (C=O) groups excluding carboxylic acids is 3. The zero-order chi connectivity index (χ0) is 39.4. The maximum atomic E-state index is 13.7. The number of carbonyl (C=O) groups is 4. The molecule has 0 unspecified atom stereocenters. The van der Waals surface area contributed by atoms with Crippen LogP contribution in [0.4, 0.5) is 9.59 Å². The molecule has 8 rings (SSSR count). The molecular formula is C39H44N10O6S. The number of ether oxygens (including phenoxy) is 1. The lowest BCUT2D eigenvalue weighted by molar-refractivity contribution is -0.136. The molecule has 4 amide bonds. The molecule has 56 heavy (non-hydrogen) atoms. The number of nitrogens with zero attached hydrogens (tertiary/aromatic N) is 6. The van der Waals surface area contributed by atoms with Gasteiger partial charge in [0.15, 0.2) is 5.65 Å². The summed E-state index contributed by atoms with van der Waals surface area (Å²) in [7, 11) is 1.28. The van der Waals surface area contributed by atoms with E-state index in [-0.39, 0.29) is 35.7 Å². The van der Waals surface area contributed by atoms with Crippen molar-refractivity contribution in [2.45, 2.75) is 77.5 Å². The first-order valence-corrected chi connectivity index (χ1v) is 19.8. The van der Waals surface area contributed by atoms with E-state index in [9.17, 15) is 24.3 Å². The van der Waals surface area contributed by atoms with Crippen LogP contribution in [-0.2, 0) is 14.3 Å². The molecule has 16 nitrogen and oxygen atoms in total. The van der Waals surface area contributed by atoms with Gasteiger partial charge in [0.05, 0.1) is 40.4 Å². The minimum absolute atomic E-state index is 0.128. The lowest BCUT2D eigenvalue weighted by Gasteiger charge is -2.29. The SMILES string of the molecule is COC(=O)N[C@H](C(=O)N1CCC[C@H]1c1nc2c(ccc3nc(-c4ccc5c(cnc6nc([C@@H]7CCCN7C(=O)[C@@H](NC(=O)O)C(C)C)[nH]c65)c4)sc32)[nH]1)C(C)C. The van der Waals surface area contributed by atoms with Crippen LogP contribution in [0.3, 0.4) is 0 Å². The van der Waals surface area contributed by atoms with E-state index in [4.69, 9.17) is 19.7 Å². The molecule has 2 aromatic carbocycles. The Labute approximate surface area is 325 Å². The Balaban J connectivity index is 1.07. The van der Waals surface area contributed by atoms with Crippen molar-refractivity contribution < 1.29 is 29.0 Å². The molecule has 292 valence electrons. The molecule has 4 aromatic heterocycles. The molecule has 0 aliphatic carbocycles. The minimum Gasteiger partial charge on any atom is -0.465 e. The van der Waals surface area contributed by atoms with Crippen molar-refractivity contribution in [2.75, 3.05) is 20.2 Å². The van der Waals surface area contributed by atoms with Crippen LogP contribution < -0.4 is 10.6 Å². The van der Waals surface area contributed by atoms with Gasteiger partial charge in [0.2, 0.25) is 11.8 Å². The third-order valence-corrected chi connectivity index (χ3v) is 12.1. The molecule has 2 saturated heterocycles. The van der Waals surface area contributed by atoms with Crippen LogP contribution in [0.5, 0.6) is 0 Å². The summed E-state index contributed by atoms with van der Waals surface area (Å²) in [6.07, 6.45) is 2.99. The van der Waals surface area contributed by atoms with Gasteiger partial charge in [-0.2, -0.15) is 0 Å². The number of imidazole rings is 2. The van der Waals surface area contributed by atoms with E-state index in [1.165, 1.54) is 7.11 Å². The molecule has 0 bridgehead atoms. The van der Waals surface area contributed by atoms with Crippen molar-refractivity contribution in [3.8, 4) is 10.6 Å². The van der Waals surface area contributed by atoms with E-state index >= 15 is 0 Å². The van der Waals surface area contributed by atoms with Crippen molar-refractivity contribution in [3.63, 3.8) is 0 Å². The standard InChI is InChI=1S/C39H44N10O6S/c1-18(2)27(45-38(52)53)36(50)49-15-7-9-26(49)33-43-29-22-11-10-20(16-21(22)17-40-34(29)47-33)35-42-24-13-12-23-30(31(24)56-35)44-32(41-23)25-8-6-14-48(25)37(51)28(19(3)4)46-39(54)55-5/h10-13,16-19,25-28,45H,6-9,14-15H2,1-5H3,(H,41,44)(H,46,54)(H,52,53)(H,40,43,47)/t25-,26-,27-,28-/m0/s1. The first-order chi connectivity index (χ1) is 26.9. The molecule has 6 heterocycles. The van der Waals surface area contributed by atoms with Crippen molar-refractivity contribution in [2.24, 2.45) is 11.8 Å². The molecular weight excluding hydrogens is 737 g/mol. The van der Waals surface area contributed by atoms with Gasteiger partial charge < -0.3 is 40.2 Å². The molecule has 2 aliphatic rings. The van der Waals surface area contributed by atoms with E-state index in [2.05, 4.69) is 31.7 Å². The second kappa shape index (κ2) is 14.7. The second-order valence-corrected chi connectivity index (χ2v) is 16.2. The predicted molar refractivity (Wildman–Crippen MR) is 211 cm³/mol. The number of rotatable bonds is 9. The minimum atomic E-state index is -1.23. The first kappa shape index (κ1) is 37.1. The highest BCUT2D eigenvalue weighted by Crippen LogP contribution is 2.39. The third kappa shape index (κ3) is 6.62. The number of H-pyrrole nitrogens is 2. The summed E-state index contributed by atoms with van der Waals surface area (Å²) in [6.45, 7) is 8.53. The van der Waals surface area contributed by atoms with Gasteiger partial charge in [-0.1, -0.05) is 39.8 Å². The van der Waals surface area contributed by atoms with Gasteiger partial charge in [0, 0.05) is 35.6 Å². The summed E-state index contributed by atoms with van der Waals surface area (Å²) in [5, 5.41) is 17.1. The number of amides is 4. The molecule has 0 saturated carbocycles. The van der Waals surface area contributed by atoms with E-state index in [1.54, 1.807) is 22.4 Å². The lowest BCUT2D eigenvalue weighted by atomic mass is 10.0. The summed E-state index contributed by atoms with van der Waals surface area (Å²) < 4.78 is 5.71. The van der Waals surface area contributed by atoms with Crippen molar-refractivity contribution in [1.82, 2.24) is 50.3 Å². The fourth-order valence-electron chi connectivity index (χ4n) is 8.07. The number of aromatic nitrogens is 6. The summed E-state index contributed by atoms with van der Waals surface area (Å²) >= 11 is 1.55. The molecule has 4 atom stereocenters. The summed E-state index contributed by atoms with van der Waals surface area (Å²) in [4.78, 5) is 80.7. The largest absolute Gasteiger partial charge is 0.465 e. The fraction of sp³-hybridized carbons (Fsp3) is 0.436. The van der Waals surface area contributed by atoms with Crippen LogP contribution in [-0.4, -0.2) is 101 Å². The highest BCUT2D eigenvalue weighted by molar-refractivity contribution is 7.22. The Morgan fingerprint density at radius 2 is 1.54 bits per heavy atom. The molecule has 5 N–H and O–H groups in total. The van der Waals surface area contributed by atoms with Crippen LogP contribution >= 0.6 is 11.3 Å². The number of benzene rings is 2. The van der Waals surface area contributed by atoms with E-state index < -0.39 is 24.3 Å². The Bertz CT molecular complexity index is 2510. The number of aromatic amines is 2. The Morgan fingerprint density at radius 1 is 0.875 bits per heavy atom. The van der Waals surface area contributed by atoms with Crippen molar-refractivity contribution in [3.05, 3.63) is 48.2 Å². The van der Waals surface area contributed by atoms with Gasteiger partial charge >= 0.3 is 12.2 Å². The summed E-state index contributed by atoms with van der Waals surface area (Å²) in [5.41, 5.74) is 4.70. The maximum absolute atomic E-state index is 13.7. The number of carboxylic acid groups (broad SMARTS) is 1. The van der Waals surface area contributed by atoms with Gasteiger partial charge in [-0.15, -0.1) is 11.3 Å².